The Hall–Kier alpha value is -2.92. The number of aryl methyl sites for hydroxylation is 1. The summed E-state index contributed by atoms with van der Waals surface area (Å²) >= 11 is -0.0143. The van der Waals surface area contributed by atoms with Crippen molar-refractivity contribution < 1.29 is 13.1 Å². The van der Waals surface area contributed by atoms with Crippen molar-refractivity contribution in [2.24, 2.45) is 0 Å². The van der Waals surface area contributed by atoms with Gasteiger partial charge in [0.1, 0.15) is 17.9 Å². The van der Waals surface area contributed by atoms with Crippen LogP contribution in [0.5, 0.6) is 0 Å². The van der Waals surface area contributed by atoms with E-state index < -0.39 is 0 Å². The summed E-state index contributed by atoms with van der Waals surface area (Å²) in [6, 6.07) is 4.02. The fourth-order valence-electron chi connectivity index (χ4n) is 3.80. The summed E-state index contributed by atoms with van der Waals surface area (Å²) < 4.78 is 20.4. The van der Waals surface area contributed by atoms with Gasteiger partial charge in [0.05, 0.1) is 5.56 Å². The number of hydrogen-bond acceptors (Lipinski definition) is 8. The molecule has 11 heteroatoms. The quantitative estimate of drug-likeness (QED) is 0.502. The van der Waals surface area contributed by atoms with Gasteiger partial charge in [-0.1, -0.05) is 13.8 Å². The smallest absolute Gasteiger partial charge is 0.212 e. The maximum Gasteiger partial charge on any atom is 0.212 e. The third-order valence-electron chi connectivity index (χ3n) is 5.49. The topological polar surface area (TPSA) is 92.3 Å². The molecule has 0 aliphatic carbocycles. The number of hydrogen-bond donors (Lipinski definition) is 1. The molecule has 1 unspecified atom stereocenters. The number of likely N-dealkylation sites (N-methyl/N-ethyl adjacent to an activating group) is 1. The second-order valence-corrected chi connectivity index (χ2v) is 8.23. The highest BCUT2D eigenvalue weighted by molar-refractivity contribution is 7.92. The molecule has 1 fully saturated rings. The van der Waals surface area contributed by atoms with E-state index in [0.717, 1.165) is 41.1 Å². The van der Waals surface area contributed by atoms with Crippen molar-refractivity contribution in [1.82, 2.24) is 24.1 Å². The number of pyridine rings is 1. The lowest BCUT2D eigenvalue weighted by atomic mass is 10.0. The average molecular weight is 476 g/mol. The standard InChI is InChI=1S/C20H24FN7O2S.C2H6/c1-13-9-22-18(24-12-29)8-15(13)17-7-16(19-23-11-28(25-19)31-21)20(30-17)27-6-4-5-14(10-27)26(2)3;1-2/h7-9,11-12,14H,4-6,10H2,1-3H3,(H,22,24,29);1-2H3. The summed E-state index contributed by atoms with van der Waals surface area (Å²) in [5.74, 6) is 2.08. The third-order valence-corrected chi connectivity index (χ3v) is 5.80. The maximum absolute atomic E-state index is 13.0. The van der Waals surface area contributed by atoms with Crippen LogP contribution in [0.1, 0.15) is 32.3 Å². The Balaban J connectivity index is 0.00000149. The van der Waals surface area contributed by atoms with Crippen LogP contribution in [-0.4, -0.2) is 63.7 Å². The van der Waals surface area contributed by atoms with Gasteiger partial charge in [0.2, 0.25) is 12.3 Å². The summed E-state index contributed by atoms with van der Waals surface area (Å²) in [5, 5.41) is 6.78. The SMILES string of the molecule is CC.Cc1cnc(NC=O)cc1-c1cc(-c2ncn(SF)n2)c(N2CCCC(N(C)C)C2)o1. The molecule has 9 nitrogen and oxygen atoms in total. The number of nitrogens with one attached hydrogen (secondary N) is 1. The van der Waals surface area contributed by atoms with Crippen LogP contribution < -0.4 is 10.2 Å². The van der Waals surface area contributed by atoms with Crippen molar-refractivity contribution in [2.45, 2.75) is 39.7 Å². The largest absolute Gasteiger partial charge is 0.440 e. The minimum absolute atomic E-state index is 0.0143. The van der Waals surface area contributed by atoms with Gasteiger partial charge >= 0.3 is 0 Å². The molecule has 1 saturated heterocycles. The summed E-state index contributed by atoms with van der Waals surface area (Å²) in [4.78, 5) is 23.7. The monoisotopic (exact) mass is 475 g/mol. The van der Waals surface area contributed by atoms with Crippen LogP contribution in [0.15, 0.2) is 29.1 Å². The van der Waals surface area contributed by atoms with Crippen LogP contribution in [-0.2, 0) is 4.79 Å². The van der Waals surface area contributed by atoms with E-state index in [9.17, 15) is 8.68 Å². The molecule has 0 aromatic carbocycles. The van der Waals surface area contributed by atoms with E-state index >= 15 is 0 Å². The molecule has 0 spiro atoms. The predicted octanol–water partition coefficient (Wildman–Crippen LogP) is 4.41. The van der Waals surface area contributed by atoms with Crippen LogP contribution in [0, 0.1) is 6.92 Å². The molecule has 4 heterocycles. The molecule has 0 bridgehead atoms. The van der Waals surface area contributed by atoms with Crippen molar-refractivity contribution in [1.29, 1.82) is 0 Å². The molecule has 0 radical (unpaired) electrons. The molecular formula is C22H30FN7O2S. The van der Waals surface area contributed by atoms with Gasteiger partial charge in [0, 0.05) is 30.9 Å². The lowest BCUT2D eigenvalue weighted by Gasteiger charge is -2.36. The zero-order valence-corrected chi connectivity index (χ0v) is 20.4. The molecule has 1 aliphatic rings. The van der Waals surface area contributed by atoms with Gasteiger partial charge in [-0.2, -0.15) is 4.09 Å². The van der Waals surface area contributed by atoms with Crippen molar-refractivity contribution >= 4 is 30.4 Å². The van der Waals surface area contributed by atoms with Crippen molar-refractivity contribution in [2.75, 3.05) is 37.4 Å². The Morgan fingerprint density at radius 3 is 2.73 bits per heavy atom. The Morgan fingerprint density at radius 1 is 1.27 bits per heavy atom. The molecular weight excluding hydrogens is 445 g/mol. The number of aromatic nitrogens is 4. The fraction of sp³-hybridized carbons (Fsp3) is 0.455. The Kier molecular flexibility index (Phi) is 8.45. The summed E-state index contributed by atoms with van der Waals surface area (Å²) in [7, 11) is 4.15. The average Bonchev–Trinajstić information content (AvgIpc) is 3.49. The van der Waals surface area contributed by atoms with Crippen molar-refractivity contribution in [3.63, 3.8) is 0 Å². The molecule has 3 aromatic heterocycles. The summed E-state index contributed by atoms with van der Waals surface area (Å²) in [5.41, 5.74) is 2.39. The van der Waals surface area contributed by atoms with E-state index in [-0.39, 0.29) is 12.3 Å². The minimum atomic E-state index is -0.0143. The minimum Gasteiger partial charge on any atom is -0.440 e. The van der Waals surface area contributed by atoms with E-state index in [0.29, 0.717) is 41.3 Å². The Morgan fingerprint density at radius 2 is 2.06 bits per heavy atom. The van der Waals surface area contributed by atoms with Gasteiger partial charge in [-0.3, -0.25) is 4.79 Å². The highest BCUT2D eigenvalue weighted by atomic mass is 32.2. The van der Waals surface area contributed by atoms with Crippen LogP contribution in [0.4, 0.5) is 15.6 Å². The van der Waals surface area contributed by atoms with E-state index in [1.165, 1.54) is 6.33 Å². The first-order chi connectivity index (χ1) is 16.0. The number of furan rings is 1. The number of anilines is 2. The fourth-order valence-corrected chi connectivity index (χ4v) is 4.00. The first kappa shape index (κ1) is 24.7. The zero-order valence-electron chi connectivity index (χ0n) is 19.6. The van der Waals surface area contributed by atoms with Crippen LogP contribution in [0.3, 0.4) is 0 Å². The van der Waals surface area contributed by atoms with Crippen LogP contribution >= 0.6 is 12.3 Å². The molecule has 1 atom stereocenters. The highest BCUT2D eigenvalue weighted by Crippen LogP contribution is 2.39. The van der Waals surface area contributed by atoms with E-state index in [1.54, 1.807) is 12.3 Å². The van der Waals surface area contributed by atoms with Crippen LogP contribution in [0.25, 0.3) is 22.7 Å². The van der Waals surface area contributed by atoms with Gasteiger partial charge in [-0.15, -0.1) is 8.98 Å². The van der Waals surface area contributed by atoms with E-state index in [4.69, 9.17) is 4.42 Å². The van der Waals surface area contributed by atoms with Gasteiger partial charge in [0.25, 0.3) is 0 Å². The van der Waals surface area contributed by atoms with Crippen molar-refractivity contribution in [3.8, 4) is 22.7 Å². The summed E-state index contributed by atoms with van der Waals surface area (Å²) in [6.45, 7) is 7.57. The number of piperidine rings is 1. The molecule has 4 rings (SSSR count). The number of carbonyl (C=O) groups is 1. The lowest BCUT2D eigenvalue weighted by Crippen LogP contribution is -2.45. The lowest BCUT2D eigenvalue weighted by molar-refractivity contribution is -0.105. The third kappa shape index (κ3) is 5.53. The van der Waals surface area contributed by atoms with E-state index in [1.807, 2.05) is 26.8 Å². The normalized spacial score (nSPS) is 15.8. The molecule has 178 valence electrons. The molecule has 3 aromatic rings. The van der Waals surface area contributed by atoms with Gasteiger partial charge in [0.15, 0.2) is 18.2 Å². The molecule has 0 saturated carbocycles. The summed E-state index contributed by atoms with van der Waals surface area (Å²) in [6.07, 6.45) is 5.74. The maximum atomic E-state index is 13.0. The number of rotatable bonds is 7. The van der Waals surface area contributed by atoms with Gasteiger partial charge in [-0.05, 0) is 51.6 Å². The number of halogens is 1. The Bertz CT molecular complexity index is 1070. The second-order valence-electron chi connectivity index (χ2n) is 7.72. The molecule has 1 N–H and O–H groups in total. The number of amides is 1. The predicted molar refractivity (Wildman–Crippen MR) is 130 cm³/mol. The number of carbonyl (C=O) groups excluding carboxylic acids is 1. The first-order valence-electron chi connectivity index (χ1n) is 10.9. The molecule has 33 heavy (non-hydrogen) atoms. The van der Waals surface area contributed by atoms with Crippen molar-refractivity contribution in [3.05, 3.63) is 30.2 Å². The highest BCUT2D eigenvalue weighted by Gasteiger charge is 2.28. The second kappa shape index (κ2) is 11.3. The molecule has 1 amide bonds. The van der Waals surface area contributed by atoms with Crippen LogP contribution in [0.2, 0.25) is 0 Å². The van der Waals surface area contributed by atoms with Gasteiger partial charge in [-0.25, -0.2) is 9.97 Å². The first-order valence-corrected chi connectivity index (χ1v) is 11.6. The van der Waals surface area contributed by atoms with Gasteiger partial charge < -0.3 is 19.5 Å². The number of nitrogens with zero attached hydrogens (tertiary/aromatic N) is 6. The van der Waals surface area contributed by atoms with E-state index in [2.05, 4.69) is 44.3 Å². The Labute approximate surface area is 197 Å². The zero-order chi connectivity index (χ0) is 24.0. The molecule has 1 aliphatic heterocycles.